The third kappa shape index (κ3) is 1.39. The average Bonchev–Trinajstić information content (AvgIpc) is 2.60. The molecule has 1 heterocycles. The minimum Gasteiger partial charge on any atom is -0.291 e. The van der Waals surface area contributed by atoms with Crippen LogP contribution < -0.4 is 0 Å². The van der Waals surface area contributed by atoms with Crippen molar-refractivity contribution in [1.82, 2.24) is 0 Å². The second-order valence-electron chi connectivity index (χ2n) is 4.43. The van der Waals surface area contributed by atoms with E-state index in [4.69, 9.17) is 78.0 Å². The second kappa shape index (κ2) is 4.37. The summed E-state index contributed by atoms with van der Waals surface area (Å²) < 4.78 is 9.15. The minimum absolute atomic E-state index is 0.148. The van der Waals surface area contributed by atoms with E-state index in [1.54, 1.807) is 0 Å². The van der Waals surface area contributed by atoms with E-state index in [9.17, 15) is 0 Å². The van der Waals surface area contributed by atoms with Crippen molar-refractivity contribution in [3.8, 4) is 0 Å². The first kappa shape index (κ1) is 14.7. The van der Waals surface area contributed by atoms with E-state index >= 15 is 0 Å². The van der Waals surface area contributed by atoms with Crippen LogP contribution in [0.5, 0.6) is 0 Å². The van der Waals surface area contributed by atoms with Gasteiger partial charge in [0, 0.05) is 5.92 Å². The Kier molecular flexibility index (Phi) is 3.57. The van der Waals surface area contributed by atoms with Crippen molar-refractivity contribution in [3.63, 3.8) is 0 Å². The van der Waals surface area contributed by atoms with Crippen LogP contribution in [0.15, 0.2) is 10.1 Å². The van der Waals surface area contributed by atoms with Crippen LogP contribution in [0.2, 0.25) is 0 Å². The van der Waals surface area contributed by atoms with E-state index in [1.165, 1.54) is 0 Å². The zero-order chi connectivity index (χ0) is 13.3. The Balaban J connectivity index is 2.21. The van der Waals surface area contributed by atoms with Gasteiger partial charge in [-0.05, 0) is 6.42 Å². The molecule has 0 aromatic rings. The summed E-state index contributed by atoms with van der Waals surface area (Å²) in [6.07, 6.45) is 0.0196. The van der Waals surface area contributed by atoms with Crippen LogP contribution in [0.4, 0.5) is 0 Å². The zero-order valence-electron chi connectivity index (χ0n) is 8.56. The SMILES string of the molecule is ClC1=C(Cl)C2(Cl)C3OSOCCC3C1(Cl)C2(Cl)Cl. The van der Waals surface area contributed by atoms with E-state index < -0.39 is 20.2 Å². The fourth-order valence-corrected chi connectivity index (χ4v) is 6.39. The van der Waals surface area contributed by atoms with Crippen molar-refractivity contribution in [3.05, 3.63) is 10.1 Å². The summed E-state index contributed by atoms with van der Waals surface area (Å²) in [5.41, 5.74) is 0. The van der Waals surface area contributed by atoms with Gasteiger partial charge in [-0.15, -0.1) is 23.2 Å². The number of rotatable bonds is 0. The summed E-state index contributed by atoms with van der Waals surface area (Å²) in [6, 6.07) is 0. The standard InChI is InChI=1S/C9H6Cl6O2S/c10-4-5(11)8(13)6-3(1-2-16-18-17-6)7(4,12)9(8,14)15/h3,6H,1-2H2. The molecule has 0 radical (unpaired) electrons. The molecule has 0 N–H and O–H groups in total. The summed E-state index contributed by atoms with van der Waals surface area (Å²) in [7, 11) is 0. The van der Waals surface area contributed by atoms with Crippen molar-refractivity contribution >= 4 is 81.9 Å². The molecule has 2 bridgehead atoms. The Labute approximate surface area is 139 Å². The molecule has 3 rings (SSSR count). The lowest BCUT2D eigenvalue weighted by molar-refractivity contribution is 0.161. The molecule has 4 atom stereocenters. The van der Waals surface area contributed by atoms with Crippen LogP contribution in [0.3, 0.4) is 0 Å². The lowest BCUT2D eigenvalue weighted by Gasteiger charge is -2.33. The van der Waals surface area contributed by atoms with E-state index in [0.717, 1.165) is 12.3 Å². The van der Waals surface area contributed by atoms with Gasteiger partial charge >= 0.3 is 0 Å². The maximum Gasteiger partial charge on any atom is 0.169 e. The molecular formula is C9H6Cl6O2S. The molecule has 3 aliphatic rings. The first-order valence-electron chi connectivity index (χ1n) is 5.06. The first-order valence-corrected chi connectivity index (χ1v) is 7.99. The first-order chi connectivity index (χ1) is 8.29. The third-order valence-electron chi connectivity index (χ3n) is 3.72. The summed E-state index contributed by atoms with van der Waals surface area (Å²) in [5, 5.41) is 0.345. The number of hydrogen-bond donors (Lipinski definition) is 0. The molecule has 4 unspecified atom stereocenters. The molecule has 1 saturated heterocycles. The third-order valence-corrected chi connectivity index (χ3v) is 8.55. The van der Waals surface area contributed by atoms with E-state index in [0.29, 0.717) is 13.0 Å². The van der Waals surface area contributed by atoms with Gasteiger partial charge in [0.25, 0.3) is 0 Å². The highest BCUT2D eigenvalue weighted by Crippen LogP contribution is 2.75. The number of hydrogen-bond acceptors (Lipinski definition) is 3. The Hall–Kier alpha value is 1.75. The molecule has 102 valence electrons. The van der Waals surface area contributed by atoms with Crippen LogP contribution in [0.25, 0.3) is 0 Å². The van der Waals surface area contributed by atoms with Crippen LogP contribution in [0.1, 0.15) is 6.42 Å². The second-order valence-corrected chi connectivity index (χ2v) is 8.27. The molecular weight excluding hydrogens is 385 g/mol. The lowest BCUT2D eigenvalue weighted by atomic mass is 9.87. The Morgan fingerprint density at radius 2 is 1.67 bits per heavy atom. The van der Waals surface area contributed by atoms with Crippen LogP contribution >= 0.6 is 81.9 Å². The van der Waals surface area contributed by atoms with Gasteiger partial charge in [0.05, 0.1) is 16.7 Å². The predicted octanol–water partition coefficient (Wildman–Crippen LogP) is 4.82. The van der Waals surface area contributed by atoms with Crippen LogP contribution in [-0.2, 0) is 8.37 Å². The van der Waals surface area contributed by atoms with Gasteiger partial charge in [0.1, 0.15) is 15.9 Å². The smallest absolute Gasteiger partial charge is 0.169 e. The van der Waals surface area contributed by atoms with Crippen LogP contribution in [0, 0.1) is 5.92 Å². The van der Waals surface area contributed by atoms with E-state index in [2.05, 4.69) is 0 Å². The van der Waals surface area contributed by atoms with Gasteiger partial charge < -0.3 is 0 Å². The topological polar surface area (TPSA) is 18.5 Å². The molecule has 1 aliphatic heterocycles. The Morgan fingerprint density at radius 3 is 2.33 bits per heavy atom. The fraction of sp³-hybridized carbons (Fsp3) is 0.778. The predicted molar refractivity (Wildman–Crippen MR) is 76.9 cm³/mol. The summed E-state index contributed by atoms with van der Waals surface area (Å²) in [4.78, 5) is -2.61. The molecule has 18 heavy (non-hydrogen) atoms. The van der Waals surface area contributed by atoms with Gasteiger partial charge in [-0.3, -0.25) is 8.37 Å². The Bertz CT molecular complexity index is 407. The maximum absolute atomic E-state index is 6.60. The van der Waals surface area contributed by atoms with Gasteiger partial charge in [-0.25, -0.2) is 0 Å². The lowest BCUT2D eigenvalue weighted by Crippen LogP contribution is -2.46. The maximum atomic E-state index is 6.60. The van der Waals surface area contributed by atoms with E-state index in [-0.39, 0.29) is 16.0 Å². The molecule has 1 saturated carbocycles. The molecule has 0 amide bonds. The highest BCUT2D eigenvalue weighted by molar-refractivity contribution is 7.89. The van der Waals surface area contributed by atoms with Crippen LogP contribution in [-0.4, -0.2) is 26.8 Å². The van der Waals surface area contributed by atoms with Gasteiger partial charge in [0.15, 0.2) is 16.7 Å². The van der Waals surface area contributed by atoms with Gasteiger partial charge in [-0.2, -0.15) is 0 Å². The summed E-state index contributed by atoms with van der Waals surface area (Å²) >= 11 is 39.2. The summed E-state index contributed by atoms with van der Waals surface area (Å²) in [5.74, 6) is -0.267. The normalized spacial score (nSPS) is 50.3. The monoisotopic (exact) mass is 388 g/mol. The minimum atomic E-state index is -1.54. The number of alkyl halides is 4. The van der Waals surface area contributed by atoms with Gasteiger partial charge in [-0.1, -0.05) is 46.4 Å². The van der Waals surface area contributed by atoms with Crippen molar-refractivity contribution < 1.29 is 8.37 Å². The van der Waals surface area contributed by atoms with Gasteiger partial charge in [0.2, 0.25) is 0 Å². The fourth-order valence-electron chi connectivity index (χ4n) is 2.81. The molecule has 0 aromatic heterocycles. The molecule has 9 heteroatoms. The number of fused-ring (bicyclic) bond motifs is 5. The number of allylic oxidation sites excluding steroid dienone is 1. The van der Waals surface area contributed by atoms with E-state index in [1.807, 2.05) is 0 Å². The highest BCUT2D eigenvalue weighted by atomic mass is 35.5. The quantitative estimate of drug-likeness (QED) is 0.436. The van der Waals surface area contributed by atoms with Crippen molar-refractivity contribution in [1.29, 1.82) is 0 Å². The molecule has 2 nitrogen and oxygen atoms in total. The van der Waals surface area contributed by atoms with Crippen molar-refractivity contribution in [2.75, 3.05) is 6.61 Å². The molecule has 2 aliphatic carbocycles. The molecule has 0 aromatic carbocycles. The summed E-state index contributed by atoms with van der Waals surface area (Å²) in [6.45, 7) is 0.443. The molecule has 0 spiro atoms. The number of halogens is 6. The molecule has 2 fully saturated rings. The average molecular weight is 391 g/mol. The van der Waals surface area contributed by atoms with Crippen molar-refractivity contribution in [2.45, 2.75) is 26.6 Å². The Morgan fingerprint density at radius 1 is 1.06 bits per heavy atom. The highest BCUT2D eigenvalue weighted by Gasteiger charge is 2.83. The van der Waals surface area contributed by atoms with Crippen molar-refractivity contribution in [2.24, 2.45) is 5.92 Å². The zero-order valence-corrected chi connectivity index (χ0v) is 13.9. The largest absolute Gasteiger partial charge is 0.291 e.